The summed E-state index contributed by atoms with van der Waals surface area (Å²) in [6, 6.07) is 18.6. The molecule has 0 saturated carbocycles. The number of hydrogen-bond donors (Lipinski definition) is 2. The predicted octanol–water partition coefficient (Wildman–Crippen LogP) is 4.85. The van der Waals surface area contributed by atoms with Crippen LogP contribution in [-0.4, -0.2) is 11.0 Å². The Bertz CT molecular complexity index is 1010. The lowest BCUT2D eigenvalue weighted by atomic mass is 10.2. The predicted molar refractivity (Wildman–Crippen MR) is 99.5 cm³/mol. The lowest BCUT2D eigenvalue weighted by Gasteiger charge is -2.05. The molecular weight excluding hydrogens is 352 g/mol. The number of phenols is 1. The maximum atomic E-state index is 12.2. The second-order valence-electron chi connectivity index (χ2n) is 5.35. The summed E-state index contributed by atoms with van der Waals surface area (Å²) in [5.41, 5.74) is 0.899. The summed E-state index contributed by atoms with van der Waals surface area (Å²) >= 11 is 5.87. The number of rotatable bonds is 4. The molecule has 0 radical (unpaired) electrons. The molecule has 1 amide bonds. The van der Waals surface area contributed by atoms with Crippen LogP contribution in [0.25, 0.3) is 17.4 Å². The minimum absolute atomic E-state index is 0.0823. The van der Waals surface area contributed by atoms with Crippen LogP contribution in [0.5, 0.6) is 5.75 Å². The van der Waals surface area contributed by atoms with Gasteiger partial charge < -0.3 is 14.8 Å². The van der Waals surface area contributed by atoms with E-state index in [0.29, 0.717) is 16.5 Å². The fourth-order valence-electron chi connectivity index (χ4n) is 2.26. The van der Waals surface area contributed by atoms with Crippen LogP contribution in [0.15, 0.2) is 70.7 Å². The third kappa shape index (κ3) is 3.94. The van der Waals surface area contributed by atoms with Crippen LogP contribution in [0.1, 0.15) is 5.76 Å². The number of amides is 1. The summed E-state index contributed by atoms with van der Waals surface area (Å²) in [5.74, 6) is 0.227. The van der Waals surface area contributed by atoms with Crippen molar-refractivity contribution in [2.45, 2.75) is 0 Å². The van der Waals surface area contributed by atoms with Gasteiger partial charge >= 0.3 is 0 Å². The lowest BCUT2D eigenvalue weighted by molar-refractivity contribution is -0.112. The van der Waals surface area contributed by atoms with Crippen LogP contribution in [0.3, 0.4) is 0 Å². The maximum absolute atomic E-state index is 12.2. The SMILES string of the molecule is N#CC(=Cc1ccc(-c2ccc(Cl)cc2)o1)C(=O)Nc1ccccc1O. The second kappa shape index (κ2) is 7.60. The fraction of sp³-hybridized carbons (Fsp3) is 0. The minimum atomic E-state index is -0.640. The van der Waals surface area contributed by atoms with E-state index in [-0.39, 0.29) is 17.0 Å². The monoisotopic (exact) mass is 364 g/mol. The van der Waals surface area contributed by atoms with Crippen molar-refractivity contribution in [3.63, 3.8) is 0 Å². The van der Waals surface area contributed by atoms with Crippen molar-refractivity contribution in [2.24, 2.45) is 0 Å². The lowest BCUT2D eigenvalue weighted by Crippen LogP contribution is -2.13. The van der Waals surface area contributed by atoms with Crippen molar-refractivity contribution < 1.29 is 14.3 Å². The van der Waals surface area contributed by atoms with E-state index >= 15 is 0 Å². The quantitative estimate of drug-likeness (QED) is 0.393. The molecule has 0 atom stereocenters. The van der Waals surface area contributed by atoms with Gasteiger partial charge in [0.05, 0.1) is 5.69 Å². The molecule has 2 aromatic carbocycles. The summed E-state index contributed by atoms with van der Waals surface area (Å²) in [5, 5.41) is 22.1. The average Bonchev–Trinajstić information content (AvgIpc) is 3.10. The third-order valence-corrected chi connectivity index (χ3v) is 3.81. The van der Waals surface area contributed by atoms with Gasteiger partial charge in [-0.15, -0.1) is 0 Å². The Labute approximate surface area is 154 Å². The molecule has 1 aromatic heterocycles. The van der Waals surface area contributed by atoms with E-state index in [4.69, 9.17) is 16.0 Å². The Morgan fingerprint density at radius 1 is 1.12 bits per heavy atom. The van der Waals surface area contributed by atoms with Gasteiger partial charge in [0.2, 0.25) is 0 Å². The van der Waals surface area contributed by atoms with Crippen LogP contribution in [0.2, 0.25) is 5.02 Å². The number of halogens is 1. The van der Waals surface area contributed by atoms with Gasteiger partial charge in [0, 0.05) is 16.7 Å². The molecule has 5 nitrogen and oxygen atoms in total. The van der Waals surface area contributed by atoms with Crippen molar-refractivity contribution in [2.75, 3.05) is 5.32 Å². The molecule has 6 heteroatoms. The second-order valence-corrected chi connectivity index (χ2v) is 5.79. The van der Waals surface area contributed by atoms with Crippen LogP contribution in [0.4, 0.5) is 5.69 Å². The van der Waals surface area contributed by atoms with Crippen LogP contribution >= 0.6 is 11.6 Å². The molecular formula is C20H13ClN2O3. The Balaban J connectivity index is 1.81. The summed E-state index contributed by atoms with van der Waals surface area (Å²) in [6.07, 6.45) is 1.34. The number of para-hydroxylation sites is 2. The van der Waals surface area contributed by atoms with E-state index in [2.05, 4.69) is 5.32 Å². The number of furan rings is 1. The molecule has 26 heavy (non-hydrogen) atoms. The van der Waals surface area contributed by atoms with Gasteiger partial charge in [0.15, 0.2) is 0 Å². The standard InChI is InChI=1S/C20H13ClN2O3/c21-15-7-5-13(6-8-15)19-10-9-16(26-19)11-14(12-22)20(25)23-17-3-1-2-4-18(17)24/h1-11,24H,(H,23,25). The topological polar surface area (TPSA) is 86.3 Å². The highest BCUT2D eigenvalue weighted by Gasteiger charge is 2.13. The number of aromatic hydroxyl groups is 1. The molecule has 0 fully saturated rings. The molecule has 3 rings (SSSR count). The van der Waals surface area contributed by atoms with E-state index < -0.39 is 5.91 Å². The first-order chi connectivity index (χ1) is 12.6. The molecule has 0 aliphatic carbocycles. The minimum Gasteiger partial charge on any atom is -0.506 e. The average molecular weight is 365 g/mol. The number of hydrogen-bond acceptors (Lipinski definition) is 4. The first kappa shape index (κ1) is 17.3. The summed E-state index contributed by atoms with van der Waals surface area (Å²) < 4.78 is 5.67. The number of nitrogens with zero attached hydrogens (tertiary/aromatic N) is 1. The zero-order valence-electron chi connectivity index (χ0n) is 13.4. The van der Waals surface area contributed by atoms with Gasteiger partial charge in [-0.2, -0.15) is 5.26 Å². The molecule has 0 bridgehead atoms. The molecule has 0 spiro atoms. The molecule has 1 heterocycles. The summed E-state index contributed by atoms with van der Waals surface area (Å²) in [6.45, 7) is 0. The third-order valence-electron chi connectivity index (χ3n) is 3.56. The number of phenolic OH excluding ortho intramolecular Hbond substituents is 1. The number of carbonyl (C=O) groups is 1. The largest absolute Gasteiger partial charge is 0.506 e. The van der Waals surface area contributed by atoms with E-state index in [0.717, 1.165) is 5.56 Å². The number of nitriles is 1. The maximum Gasteiger partial charge on any atom is 0.266 e. The Hall–Kier alpha value is -3.49. The molecule has 3 aromatic rings. The van der Waals surface area contributed by atoms with Gasteiger partial charge in [-0.1, -0.05) is 23.7 Å². The van der Waals surface area contributed by atoms with E-state index in [1.807, 2.05) is 18.2 Å². The molecule has 0 unspecified atom stereocenters. The normalized spacial score (nSPS) is 11.0. The summed E-state index contributed by atoms with van der Waals surface area (Å²) in [4.78, 5) is 12.2. The van der Waals surface area contributed by atoms with Crippen LogP contribution < -0.4 is 5.32 Å². The Morgan fingerprint density at radius 3 is 2.54 bits per heavy atom. The van der Waals surface area contributed by atoms with Gasteiger partial charge in [-0.25, -0.2) is 0 Å². The van der Waals surface area contributed by atoms with Gasteiger partial charge in [-0.05, 0) is 48.5 Å². The van der Waals surface area contributed by atoms with Crippen molar-refractivity contribution in [1.82, 2.24) is 0 Å². The number of benzene rings is 2. The first-order valence-corrected chi connectivity index (χ1v) is 8.01. The molecule has 128 valence electrons. The van der Waals surface area contributed by atoms with Crippen molar-refractivity contribution in [1.29, 1.82) is 5.26 Å². The van der Waals surface area contributed by atoms with Gasteiger partial charge in [0.25, 0.3) is 5.91 Å². The highest BCUT2D eigenvalue weighted by atomic mass is 35.5. The Kier molecular flexibility index (Phi) is 5.07. The van der Waals surface area contributed by atoms with Gasteiger partial charge in [0.1, 0.15) is 28.9 Å². The van der Waals surface area contributed by atoms with E-state index in [9.17, 15) is 15.2 Å². The highest BCUT2D eigenvalue weighted by molar-refractivity contribution is 6.30. The number of carbonyl (C=O) groups excluding carboxylic acids is 1. The zero-order chi connectivity index (χ0) is 18.5. The van der Waals surface area contributed by atoms with Crippen molar-refractivity contribution in [3.8, 4) is 23.1 Å². The van der Waals surface area contributed by atoms with Crippen LogP contribution in [0, 0.1) is 11.3 Å². The van der Waals surface area contributed by atoms with Crippen molar-refractivity contribution >= 4 is 29.3 Å². The molecule has 0 saturated heterocycles. The Morgan fingerprint density at radius 2 is 1.85 bits per heavy atom. The van der Waals surface area contributed by atoms with E-state index in [1.54, 1.807) is 36.4 Å². The molecule has 2 N–H and O–H groups in total. The van der Waals surface area contributed by atoms with Gasteiger partial charge in [-0.3, -0.25) is 4.79 Å². The molecule has 0 aliphatic heterocycles. The first-order valence-electron chi connectivity index (χ1n) is 7.64. The van der Waals surface area contributed by atoms with E-state index in [1.165, 1.54) is 18.2 Å². The van der Waals surface area contributed by atoms with Crippen molar-refractivity contribution in [3.05, 3.63) is 77.0 Å². The number of anilines is 1. The van der Waals surface area contributed by atoms with Crippen LogP contribution in [-0.2, 0) is 4.79 Å². The number of nitrogens with one attached hydrogen (secondary N) is 1. The zero-order valence-corrected chi connectivity index (χ0v) is 14.2. The molecule has 0 aliphatic rings. The highest BCUT2D eigenvalue weighted by Crippen LogP contribution is 2.26. The summed E-state index contributed by atoms with van der Waals surface area (Å²) in [7, 11) is 0. The smallest absolute Gasteiger partial charge is 0.266 e. The fourth-order valence-corrected chi connectivity index (χ4v) is 2.39.